The molecule has 0 saturated heterocycles. The van der Waals surface area contributed by atoms with Gasteiger partial charge in [0.1, 0.15) is 0 Å². The zero-order chi connectivity index (χ0) is 14.5. The van der Waals surface area contributed by atoms with E-state index in [1.807, 2.05) is 13.8 Å². The Morgan fingerprint density at radius 3 is 2.63 bits per heavy atom. The van der Waals surface area contributed by atoms with E-state index in [2.05, 4.69) is 10.5 Å². The highest BCUT2D eigenvalue weighted by molar-refractivity contribution is 5.92. The monoisotopic (exact) mass is 268 g/mol. The molecule has 19 heavy (non-hydrogen) atoms. The van der Waals surface area contributed by atoms with Crippen molar-refractivity contribution in [2.45, 2.75) is 40.0 Å². The highest BCUT2D eigenvalue weighted by Crippen LogP contribution is 2.26. The number of nitrogens with zero attached hydrogens (tertiary/aromatic N) is 1. The second-order valence-electron chi connectivity index (χ2n) is 5.40. The maximum atomic E-state index is 11.7. The number of hydrogen-bond acceptors (Lipinski definition) is 4. The summed E-state index contributed by atoms with van der Waals surface area (Å²) >= 11 is 0. The fourth-order valence-corrected chi connectivity index (χ4v) is 1.67. The van der Waals surface area contributed by atoms with Crippen molar-refractivity contribution in [2.24, 2.45) is 5.41 Å². The fraction of sp³-hybridized carbons (Fsp3) is 0.615. The summed E-state index contributed by atoms with van der Waals surface area (Å²) in [7, 11) is 0. The summed E-state index contributed by atoms with van der Waals surface area (Å²) in [6.07, 6.45) is 2.92. The Morgan fingerprint density at radius 1 is 1.42 bits per heavy atom. The molecule has 0 bridgehead atoms. The molecule has 6 nitrogen and oxygen atoms in total. The second kappa shape index (κ2) is 6.36. The average molecular weight is 268 g/mol. The summed E-state index contributed by atoms with van der Waals surface area (Å²) in [6, 6.07) is 0. The largest absolute Gasteiger partial charge is 0.481 e. The van der Waals surface area contributed by atoms with Gasteiger partial charge in [-0.3, -0.25) is 9.59 Å². The van der Waals surface area contributed by atoms with Gasteiger partial charge in [0.2, 0.25) is 5.76 Å². The normalized spacial score (nSPS) is 11.3. The van der Waals surface area contributed by atoms with Crippen molar-refractivity contribution in [3.8, 4) is 0 Å². The molecule has 0 atom stereocenters. The molecule has 0 fully saturated rings. The van der Waals surface area contributed by atoms with Crippen molar-refractivity contribution in [1.29, 1.82) is 0 Å². The van der Waals surface area contributed by atoms with Crippen LogP contribution in [-0.4, -0.2) is 28.7 Å². The lowest BCUT2D eigenvalue weighted by Crippen LogP contribution is -2.28. The lowest BCUT2D eigenvalue weighted by Gasteiger charge is -2.23. The summed E-state index contributed by atoms with van der Waals surface area (Å²) in [5.74, 6) is -0.859. The van der Waals surface area contributed by atoms with Crippen LogP contribution in [0.25, 0.3) is 0 Å². The van der Waals surface area contributed by atoms with Crippen molar-refractivity contribution in [3.63, 3.8) is 0 Å². The van der Waals surface area contributed by atoms with Crippen LogP contribution in [0.1, 0.15) is 49.2 Å². The molecule has 1 aromatic rings. The van der Waals surface area contributed by atoms with Crippen molar-refractivity contribution in [1.82, 2.24) is 10.5 Å². The molecular weight excluding hydrogens is 248 g/mol. The molecule has 0 unspecified atom stereocenters. The molecule has 6 heteroatoms. The van der Waals surface area contributed by atoms with Gasteiger partial charge in [-0.1, -0.05) is 19.0 Å². The van der Waals surface area contributed by atoms with Gasteiger partial charge in [-0.25, -0.2) is 0 Å². The van der Waals surface area contributed by atoms with Crippen LogP contribution in [0.5, 0.6) is 0 Å². The predicted octanol–water partition coefficient (Wildman–Crippen LogP) is 1.99. The predicted molar refractivity (Wildman–Crippen MR) is 68.8 cm³/mol. The van der Waals surface area contributed by atoms with Gasteiger partial charge in [-0.05, 0) is 25.2 Å². The lowest BCUT2D eigenvalue weighted by molar-refractivity contribution is -0.137. The number of aryl methyl sites for hydroxylation is 1. The Morgan fingerprint density at radius 2 is 2.11 bits per heavy atom. The Labute approximate surface area is 112 Å². The SMILES string of the molecule is Cc1cnoc1C(=O)NCCC(C)(C)CCC(=O)O. The van der Waals surface area contributed by atoms with Crippen LogP contribution in [0.4, 0.5) is 0 Å². The molecule has 0 aliphatic heterocycles. The molecule has 1 amide bonds. The molecule has 0 aliphatic carbocycles. The lowest BCUT2D eigenvalue weighted by atomic mass is 9.84. The average Bonchev–Trinajstić information content (AvgIpc) is 2.73. The number of hydrogen-bond donors (Lipinski definition) is 2. The first-order valence-corrected chi connectivity index (χ1v) is 6.23. The summed E-state index contributed by atoms with van der Waals surface area (Å²) in [5, 5.41) is 15.0. The summed E-state index contributed by atoms with van der Waals surface area (Å²) in [4.78, 5) is 22.3. The van der Waals surface area contributed by atoms with Crippen LogP contribution in [-0.2, 0) is 4.79 Å². The Hall–Kier alpha value is -1.85. The van der Waals surface area contributed by atoms with Crippen LogP contribution in [0.3, 0.4) is 0 Å². The third-order valence-corrected chi connectivity index (χ3v) is 3.06. The molecule has 2 N–H and O–H groups in total. The molecule has 1 aromatic heterocycles. The van der Waals surface area contributed by atoms with E-state index in [0.29, 0.717) is 24.9 Å². The van der Waals surface area contributed by atoms with Gasteiger partial charge in [0.05, 0.1) is 6.20 Å². The third-order valence-electron chi connectivity index (χ3n) is 3.06. The number of aliphatic carboxylic acids is 1. The minimum Gasteiger partial charge on any atom is -0.481 e. The topological polar surface area (TPSA) is 92.4 Å². The van der Waals surface area contributed by atoms with Crippen LogP contribution in [0.2, 0.25) is 0 Å². The van der Waals surface area contributed by atoms with Crippen LogP contribution in [0.15, 0.2) is 10.7 Å². The van der Waals surface area contributed by atoms with Crippen LogP contribution < -0.4 is 5.32 Å². The zero-order valence-electron chi connectivity index (χ0n) is 11.5. The molecule has 0 radical (unpaired) electrons. The maximum Gasteiger partial charge on any atom is 0.303 e. The van der Waals surface area contributed by atoms with E-state index < -0.39 is 5.97 Å². The number of rotatable bonds is 7. The number of carbonyl (C=O) groups excluding carboxylic acids is 1. The fourth-order valence-electron chi connectivity index (χ4n) is 1.67. The molecule has 0 aromatic carbocycles. The first-order chi connectivity index (χ1) is 8.82. The third kappa shape index (κ3) is 5.11. The molecule has 1 rings (SSSR count). The van der Waals surface area contributed by atoms with E-state index in [9.17, 15) is 9.59 Å². The number of carboxylic acids is 1. The Bertz CT molecular complexity index is 451. The summed E-state index contributed by atoms with van der Waals surface area (Å²) < 4.78 is 4.85. The Kier molecular flexibility index (Phi) is 5.09. The maximum absolute atomic E-state index is 11.7. The first kappa shape index (κ1) is 15.2. The van der Waals surface area contributed by atoms with Crippen molar-refractivity contribution >= 4 is 11.9 Å². The second-order valence-corrected chi connectivity index (χ2v) is 5.40. The quantitative estimate of drug-likeness (QED) is 0.789. The first-order valence-electron chi connectivity index (χ1n) is 6.23. The van der Waals surface area contributed by atoms with Crippen LogP contribution in [0, 0.1) is 12.3 Å². The number of carbonyl (C=O) groups is 2. The van der Waals surface area contributed by atoms with Gasteiger partial charge in [0, 0.05) is 18.5 Å². The molecule has 1 heterocycles. The van der Waals surface area contributed by atoms with E-state index >= 15 is 0 Å². The standard InChI is InChI=1S/C13H20N2O4/c1-9-8-15-19-11(9)12(18)14-7-6-13(2,3)5-4-10(16)17/h8H,4-7H2,1-3H3,(H,14,18)(H,16,17). The number of nitrogens with one attached hydrogen (secondary N) is 1. The van der Waals surface area contributed by atoms with Gasteiger partial charge < -0.3 is 14.9 Å². The van der Waals surface area contributed by atoms with E-state index in [-0.39, 0.29) is 23.5 Å². The number of aromatic nitrogens is 1. The van der Waals surface area contributed by atoms with E-state index in [0.717, 1.165) is 0 Å². The minimum atomic E-state index is -0.797. The van der Waals surface area contributed by atoms with Crippen LogP contribution >= 0.6 is 0 Å². The number of carboxylic acid groups (broad SMARTS) is 1. The molecule has 0 spiro atoms. The summed E-state index contributed by atoms with van der Waals surface area (Å²) in [6.45, 7) is 6.21. The molecule has 106 valence electrons. The van der Waals surface area contributed by atoms with Gasteiger partial charge in [0.15, 0.2) is 0 Å². The molecule has 0 saturated carbocycles. The van der Waals surface area contributed by atoms with Gasteiger partial charge in [0.25, 0.3) is 5.91 Å². The van der Waals surface area contributed by atoms with Crippen molar-refractivity contribution in [2.75, 3.05) is 6.54 Å². The Balaban J connectivity index is 2.35. The van der Waals surface area contributed by atoms with Crippen molar-refractivity contribution in [3.05, 3.63) is 17.5 Å². The van der Waals surface area contributed by atoms with Gasteiger partial charge >= 0.3 is 5.97 Å². The van der Waals surface area contributed by atoms with E-state index in [1.165, 1.54) is 6.20 Å². The molecule has 0 aliphatic rings. The zero-order valence-corrected chi connectivity index (χ0v) is 11.5. The summed E-state index contributed by atoms with van der Waals surface area (Å²) in [5.41, 5.74) is 0.574. The highest BCUT2D eigenvalue weighted by atomic mass is 16.5. The number of amides is 1. The van der Waals surface area contributed by atoms with E-state index in [4.69, 9.17) is 9.63 Å². The molecular formula is C13H20N2O4. The minimum absolute atomic E-state index is 0.123. The van der Waals surface area contributed by atoms with Gasteiger partial charge in [-0.2, -0.15) is 0 Å². The van der Waals surface area contributed by atoms with E-state index in [1.54, 1.807) is 6.92 Å². The highest BCUT2D eigenvalue weighted by Gasteiger charge is 2.20. The smallest absolute Gasteiger partial charge is 0.303 e. The van der Waals surface area contributed by atoms with Gasteiger partial charge in [-0.15, -0.1) is 0 Å². The van der Waals surface area contributed by atoms with Crippen molar-refractivity contribution < 1.29 is 19.2 Å².